The average Bonchev–Trinajstić information content (AvgIpc) is 3.16. The van der Waals surface area contributed by atoms with Gasteiger partial charge in [0.15, 0.2) is 0 Å². The van der Waals surface area contributed by atoms with Crippen molar-refractivity contribution >= 4 is 5.91 Å². The number of amides is 1. The van der Waals surface area contributed by atoms with E-state index in [2.05, 4.69) is 15.3 Å². The Morgan fingerprint density at radius 1 is 1.30 bits per heavy atom. The van der Waals surface area contributed by atoms with Crippen molar-refractivity contribution < 1.29 is 18.7 Å². The largest absolute Gasteiger partial charge is 0.497 e. The first-order chi connectivity index (χ1) is 14.4. The standard InChI is InChI=1S/C23H22FN3O3/c1-13-11-25-14(2)21(27-13)20-10-17(24)7-16-9-19(30-22(16)20)12-26-23(28)15-5-4-6-18(8-15)29-3/h4-8,10-11,19H,9,12H2,1-3H3,(H,26,28). The van der Waals surface area contributed by atoms with Crippen LogP contribution in [0.1, 0.15) is 27.3 Å². The molecule has 2 heterocycles. The second-order valence-electron chi connectivity index (χ2n) is 7.27. The van der Waals surface area contributed by atoms with E-state index in [0.717, 1.165) is 11.3 Å². The zero-order valence-electron chi connectivity index (χ0n) is 17.0. The van der Waals surface area contributed by atoms with Crippen LogP contribution in [0, 0.1) is 19.7 Å². The van der Waals surface area contributed by atoms with Crippen LogP contribution in [0.25, 0.3) is 11.3 Å². The highest BCUT2D eigenvalue weighted by Crippen LogP contribution is 2.39. The van der Waals surface area contributed by atoms with E-state index in [9.17, 15) is 9.18 Å². The topological polar surface area (TPSA) is 73.3 Å². The number of aromatic nitrogens is 2. The number of carbonyl (C=O) groups is 1. The van der Waals surface area contributed by atoms with Crippen molar-refractivity contribution in [3.63, 3.8) is 0 Å². The van der Waals surface area contributed by atoms with Crippen LogP contribution in [0.5, 0.6) is 11.5 Å². The Balaban J connectivity index is 1.52. The summed E-state index contributed by atoms with van der Waals surface area (Å²) in [6, 6.07) is 9.82. The molecule has 0 bridgehead atoms. The van der Waals surface area contributed by atoms with Crippen LogP contribution in [-0.2, 0) is 6.42 Å². The number of benzene rings is 2. The third-order valence-corrected chi connectivity index (χ3v) is 5.02. The number of fused-ring (bicyclic) bond motifs is 1. The highest BCUT2D eigenvalue weighted by Gasteiger charge is 2.28. The summed E-state index contributed by atoms with van der Waals surface area (Å²) < 4.78 is 25.5. The quantitative estimate of drug-likeness (QED) is 0.699. The minimum absolute atomic E-state index is 0.222. The molecule has 6 nitrogen and oxygen atoms in total. The molecule has 1 aliphatic heterocycles. The fourth-order valence-corrected chi connectivity index (χ4v) is 3.55. The number of hydrogen-bond donors (Lipinski definition) is 1. The van der Waals surface area contributed by atoms with Crippen LogP contribution in [0.2, 0.25) is 0 Å². The van der Waals surface area contributed by atoms with Gasteiger partial charge in [-0.25, -0.2) is 9.37 Å². The van der Waals surface area contributed by atoms with E-state index in [1.807, 2.05) is 13.8 Å². The van der Waals surface area contributed by atoms with Crippen LogP contribution in [0.3, 0.4) is 0 Å². The summed E-state index contributed by atoms with van der Waals surface area (Å²) in [7, 11) is 1.55. The van der Waals surface area contributed by atoms with Crippen molar-refractivity contribution in [3.05, 3.63) is 70.9 Å². The van der Waals surface area contributed by atoms with Crippen LogP contribution in [-0.4, -0.2) is 35.6 Å². The van der Waals surface area contributed by atoms with Crippen molar-refractivity contribution in [1.82, 2.24) is 15.3 Å². The molecule has 1 atom stereocenters. The van der Waals surface area contributed by atoms with Crippen molar-refractivity contribution in [1.29, 1.82) is 0 Å². The maximum Gasteiger partial charge on any atom is 0.251 e. The molecule has 0 saturated heterocycles. The minimum atomic E-state index is -0.351. The molecule has 30 heavy (non-hydrogen) atoms. The smallest absolute Gasteiger partial charge is 0.251 e. The van der Waals surface area contributed by atoms with Crippen molar-refractivity contribution in [2.45, 2.75) is 26.4 Å². The predicted molar refractivity (Wildman–Crippen MR) is 110 cm³/mol. The lowest BCUT2D eigenvalue weighted by atomic mass is 10.0. The summed E-state index contributed by atoms with van der Waals surface area (Å²) in [4.78, 5) is 21.3. The van der Waals surface area contributed by atoms with E-state index < -0.39 is 0 Å². The summed E-state index contributed by atoms with van der Waals surface area (Å²) in [5, 5.41) is 2.88. The van der Waals surface area contributed by atoms with E-state index in [1.165, 1.54) is 12.1 Å². The van der Waals surface area contributed by atoms with E-state index >= 15 is 0 Å². The number of hydrogen-bond acceptors (Lipinski definition) is 5. The van der Waals surface area contributed by atoms with Gasteiger partial charge in [-0.2, -0.15) is 0 Å². The van der Waals surface area contributed by atoms with Gasteiger partial charge in [-0.3, -0.25) is 9.78 Å². The lowest BCUT2D eigenvalue weighted by Gasteiger charge is -2.14. The van der Waals surface area contributed by atoms with Gasteiger partial charge in [-0.05, 0) is 44.2 Å². The molecule has 1 unspecified atom stereocenters. The molecule has 1 amide bonds. The molecule has 4 rings (SSSR count). The van der Waals surface area contributed by atoms with Crippen molar-refractivity contribution in [2.75, 3.05) is 13.7 Å². The summed E-state index contributed by atoms with van der Waals surface area (Å²) in [5.74, 6) is 0.637. The first-order valence-electron chi connectivity index (χ1n) is 9.66. The van der Waals surface area contributed by atoms with E-state index in [4.69, 9.17) is 9.47 Å². The molecule has 0 aliphatic carbocycles. The molecule has 1 N–H and O–H groups in total. The second-order valence-corrected chi connectivity index (χ2v) is 7.27. The van der Waals surface area contributed by atoms with Gasteiger partial charge in [0.1, 0.15) is 23.4 Å². The molecule has 0 fully saturated rings. The molecule has 0 spiro atoms. The Bertz CT molecular complexity index is 1120. The van der Waals surface area contributed by atoms with E-state index in [-0.39, 0.29) is 17.8 Å². The van der Waals surface area contributed by atoms with Gasteiger partial charge in [-0.15, -0.1) is 0 Å². The molecule has 7 heteroatoms. The fraction of sp³-hybridized carbons (Fsp3) is 0.261. The molecular formula is C23H22FN3O3. The van der Waals surface area contributed by atoms with Crippen LogP contribution in [0.4, 0.5) is 4.39 Å². The minimum Gasteiger partial charge on any atom is -0.497 e. The summed E-state index contributed by atoms with van der Waals surface area (Å²) in [6.07, 6.45) is 1.88. The number of rotatable bonds is 5. The van der Waals surface area contributed by atoms with Gasteiger partial charge < -0.3 is 14.8 Å². The highest BCUT2D eigenvalue weighted by atomic mass is 19.1. The van der Waals surface area contributed by atoms with Crippen LogP contribution >= 0.6 is 0 Å². The van der Waals surface area contributed by atoms with Crippen LogP contribution in [0.15, 0.2) is 42.6 Å². The third-order valence-electron chi connectivity index (χ3n) is 5.02. The SMILES string of the molecule is COc1cccc(C(=O)NCC2Cc3cc(F)cc(-c4nc(C)cnc4C)c3O2)c1. The normalized spacial score (nSPS) is 14.7. The van der Waals surface area contributed by atoms with Gasteiger partial charge in [0.25, 0.3) is 5.91 Å². The first-order valence-corrected chi connectivity index (χ1v) is 9.66. The molecule has 154 valence electrons. The Hall–Kier alpha value is -3.48. The molecule has 1 aliphatic rings. The number of halogens is 1. The zero-order valence-corrected chi connectivity index (χ0v) is 17.0. The Morgan fingerprint density at radius 2 is 2.13 bits per heavy atom. The summed E-state index contributed by atoms with van der Waals surface area (Å²) >= 11 is 0. The third kappa shape index (κ3) is 3.96. The van der Waals surface area contributed by atoms with E-state index in [1.54, 1.807) is 37.6 Å². The second kappa shape index (κ2) is 8.10. The Kier molecular flexibility index (Phi) is 5.35. The van der Waals surface area contributed by atoms with Gasteiger partial charge in [-0.1, -0.05) is 6.07 Å². The number of ether oxygens (including phenoxy) is 2. The van der Waals surface area contributed by atoms with Crippen LogP contribution < -0.4 is 14.8 Å². The summed E-state index contributed by atoms with van der Waals surface area (Å²) in [5.41, 5.74) is 3.89. The monoisotopic (exact) mass is 407 g/mol. The van der Waals surface area contributed by atoms with E-state index in [0.29, 0.717) is 47.0 Å². The van der Waals surface area contributed by atoms with Gasteiger partial charge >= 0.3 is 0 Å². The first kappa shape index (κ1) is 19.8. The lowest BCUT2D eigenvalue weighted by molar-refractivity contribution is 0.0933. The lowest BCUT2D eigenvalue weighted by Crippen LogP contribution is -2.34. The number of nitrogens with zero attached hydrogens (tertiary/aromatic N) is 2. The molecule has 0 saturated carbocycles. The Morgan fingerprint density at radius 3 is 2.93 bits per heavy atom. The number of nitrogens with one attached hydrogen (secondary N) is 1. The summed E-state index contributed by atoms with van der Waals surface area (Å²) in [6.45, 7) is 3.97. The molecular weight excluding hydrogens is 385 g/mol. The fourth-order valence-electron chi connectivity index (χ4n) is 3.55. The highest BCUT2D eigenvalue weighted by molar-refractivity contribution is 5.94. The molecule has 2 aromatic carbocycles. The number of methoxy groups -OCH3 is 1. The predicted octanol–water partition coefficient (Wildman–Crippen LogP) is 3.64. The maximum absolute atomic E-state index is 14.3. The van der Waals surface area contributed by atoms with Gasteiger partial charge in [0, 0.05) is 29.3 Å². The van der Waals surface area contributed by atoms with Crippen molar-refractivity contribution in [3.8, 4) is 22.8 Å². The Labute approximate surface area is 174 Å². The number of carbonyl (C=O) groups excluding carboxylic acids is 1. The average molecular weight is 407 g/mol. The van der Waals surface area contributed by atoms with Crippen molar-refractivity contribution in [2.24, 2.45) is 0 Å². The molecule has 0 radical (unpaired) electrons. The molecule has 1 aromatic heterocycles. The molecule has 3 aromatic rings. The zero-order chi connectivity index (χ0) is 21.3. The van der Waals surface area contributed by atoms with Gasteiger partial charge in [0.2, 0.25) is 0 Å². The number of aryl methyl sites for hydroxylation is 2. The maximum atomic E-state index is 14.3. The van der Waals surface area contributed by atoms with Gasteiger partial charge in [0.05, 0.1) is 30.7 Å².